The van der Waals surface area contributed by atoms with E-state index in [0.29, 0.717) is 6.54 Å². The Morgan fingerprint density at radius 3 is 2.57 bits per heavy atom. The molecule has 1 aromatic rings. The molecule has 8 heteroatoms. The molecule has 3 unspecified atom stereocenters. The summed E-state index contributed by atoms with van der Waals surface area (Å²) in [6, 6.07) is 0.116. The van der Waals surface area contributed by atoms with Crippen molar-refractivity contribution in [2.45, 2.75) is 43.9 Å². The predicted molar refractivity (Wildman–Crippen MR) is 79.4 cm³/mol. The fourth-order valence-electron chi connectivity index (χ4n) is 2.56. The van der Waals surface area contributed by atoms with E-state index >= 15 is 0 Å². The van der Waals surface area contributed by atoms with Crippen LogP contribution >= 0.6 is 0 Å². The summed E-state index contributed by atoms with van der Waals surface area (Å²) < 4.78 is 34.1. The van der Waals surface area contributed by atoms with Crippen LogP contribution in [0.25, 0.3) is 0 Å². The third-order valence-electron chi connectivity index (χ3n) is 3.63. The fraction of sp³-hybridized carbons (Fsp3) is 0.769. The van der Waals surface area contributed by atoms with Crippen molar-refractivity contribution in [1.29, 1.82) is 0 Å². The van der Waals surface area contributed by atoms with Gasteiger partial charge in [-0.3, -0.25) is 9.58 Å². The topological polar surface area (TPSA) is 76.5 Å². The van der Waals surface area contributed by atoms with Crippen LogP contribution in [0.1, 0.15) is 20.8 Å². The Morgan fingerprint density at radius 1 is 1.43 bits per heavy atom. The zero-order valence-corrected chi connectivity index (χ0v) is 13.8. The fourth-order valence-corrected chi connectivity index (χ4v) is 3.66. The summed E-state index contributed by atoms with van der Waals surface area (Å²) in [6.45, 7) is 8.11. The minimum Gasteiger partial charge on any atom is -0.373 e. The second-order valence-corrected chi connectivity index (χ2v) is 7.53. The number of rotatable bonds is 5. The molecule has 21 heavy (non-hydrogen) atoms. The van der Waals surface area contributed by atoms with Gasteiger partial charge < -0.3 is 4.74 Å². The predicted octanol–water partition coefficient (Wildman–Crippen LogP) is 0.196. The lowest BCUT2D eigenvalue weighted by Gasteiger charge is -2.38. The maximum absolute atomic E-state index is 12.2. The quantitative estimate of drug-likeness (QED) is 0.839. The van der Waals surface area contributed by atoms with E-state index in [1.165, 1.54) is 17.1 Å². The van der Waals surface area contributed by atoms with Crippen LogP contribution in [-0.4, -0.2) is 61.0 Å². The zero-order chi connectivity index (χ0) is 15.6. The maximum atomic E-state index is 12.2. The van der Waals surface area contributed by atoms with Crippen LogP contribution in [0.2, 0.25) is 0 Å². The highest BCUT2D eigenvalue weighted by Crippen LogP contribution is 2.14. The number of hydrogen-bond donors (Lipinski definition) is 1. The summed E-state index contributed by atoms with van der Waals surface area (Å²) in [4.78, 5) is 2.45. The molecule has 0 spiro atoms. The van der Waals surface area contributed by atoms with Gasteiger partial charge in [0.2, 0.25) is 10.0 Å². The molecule has 120 valence electrons. The zero-order valence-electron chi connectivity index (χ0n) is 13.0. The number of ether oxygens (including phenoxy) is 1. The third kappa shape index (κ3) is 4.26. The third-order valence-corrected chi connectivity index (χ3v) is 5.01. The van der Waals surface area contributed by atoms with Crippen LogP contribution in [0, 0.1) is 0 Å². The largest absolute Gasteiger partial charge is 0.373 e. The first-order valence-corrected chi connectivity index (χ1v) is 8.64. The molecule has 3 atom stereocenters. The maximum Gasteiger partial charge on any atom is 0.243 e. The van der Waals surface area contributed by atoms with Gasteiger partial charge in [0.05, 0.1) is 18.4 Å². The van der Waals surface area contributed by atoms with Gasteiger partial charge in [-0.15, -0.1) is 0 Å². The summed E-state index contributed by atoms with van der Waals surface area (Å²) in [6.07, 6.45) is 3.19. The lowest BCUT2D eigenvalue weighted by atomic mass is 10.2. The van der Waals surface area contributed by atoms with E-state index in [1.54, 1.807) is 7.05 Å². The molecule has 1 N–H and O–H groups in total. The van der Waals surface area contributed by atoms with Gasteiger partial charge in [0.25, 0.3) is 0 Å². The number of aromatic nitrogens is 2. The van der Waals surface area contributed by atoms with Gasteiger partial charge in [0, 0.05) is 38.9 Å². The second kappa shape index (κ2) is 6.43. The van der Waals surface area contributed by atoms with Crippen molar-refractivity contribution >= 4 is 10.0 Å². The van der Waals surface area contributed by atoms with Crippen molar-refractivity contribution in [2.24, 2.45) is 7.05 Å². The standard InChI is InChI=1S/C13H24N4O3S/c1-10(17-7-11(2)20-12(3)8-17)5-15-21(18,19)13-6-14-16(4)9-13/h6,9-12,15H,5,7-8H2,1-4H3. The molecule has 1 fully saturated rings. The molecule has 0 saturated carbocycles. The Bertz CT molecular complexity index is 562. The average Bonchev–Trinajstić information content (AvgIpc) is 2.82. The van der Waals surface area contributed by atoms with Crippen molar-refractivity contribution in [3.8, 4) is 0 Å². The number of sulfonamides is 1. The first-order valence-electron chi connectivity index (χ1n) is 7.15. The molecule has 0 bridgehead atoms. The first-order chi connectivity index (χ1) is 9.78. The van der Waals surface area contributed by atoms with Gasteiger partial charge in [-0.25, -0.2) is 13.1 Å². The number of morpholine rings is 1. The second-order valence-electron chi connectivity index (χ2n) is 5.76. The molecular weight excluding hydrogens is 292 g/mol. The molecule has 1 saturated heterocycles. The van der Waals surface area contributed by atoms with E-state index in [2.05, 4.69) is 14.7 Å². The van der Waals surface area contributed by atoms with E-state index in [-0.39, 0.29) is 23.1 Å². The Kier molecular flexibility index (Phi) is 5.03. The molecule has 2 rings (SSSR count). The summed E-state index contributed by atoms with van der Waals surface area (Å²) in [7, 11) is -1.80. The number of hydrogen-bond acceptors (Lipinski definition) is 5. The molecule has 0 aliphatic carbocycles. The summed E-state index contributed by atoms with van der Waals surface area (Å²) >= 11 is 0. The highest BCUT2D eigenvalue weighted by atomic mass is 32.2. The van der Waals surface area contributed by atoms with Crippen molar-refractivity contribution in [2.75, 3.05) is 19.6 Å². The number of nitrogens with zero attached hydrogens (tertiary/aromatic N) is 3. The Balaban J connectivity index is 1.93. The van der Waals surface area contributed by atoms with E-state index in [9.17, 15) is 8.42 Å². The van der Waals surface area contributed by atoms with E-state index in [4.69, 9.17) is 4.74 Å². The first kappa shape index (κ1) is 16.4. The summed E-state index contributed by atoms with van der Waals surface area (Å²) in [5.41, 5.74) is 0. The molecule has 0 amide bonds. The van der Waals surface area contributed by atoms with Crippen molar-refractivity contribution in [1.82, 2.24) is 19.4 Å². The average molecular weight is 316 g/mol. The van der Waals surface area contributed by atoms with Crippen LogP contribution in [0.3, 0.4) is 0 Å². The molecule has 0 aromatic carbocycles. The molecule has 1 aliphatic rings. The van der Waals surface area contributed by atoms with Crippen LogP contribution < -0.4 is 4.72 Å². The molecule has 7 nitrogen and oxygen atoms in total. The van der Waals surface area contributed by atoms with E-state index in [1.807, 2.05) is 20.8 Å². The van der Waals surface area contributed by atoms with Crippen LogP contribution in [0.15, 0.2) is 17.3 Å². The minimum atomic E-state index is -3.49. The van der Waals surface area contributed by atoms with Gasteiger partial charge in [-0.2, -0.15) is 5.10 Å². The van der Waals surface area contributed by atoms with Crippen molar-refractivity contribution < 1.29 is 13.2 Å². The Morgan fingerprint density at radius 2 is 2.05 bits per heavy atom. The lowest BCUT2D eigenvalue weighted by molar-refractivity contribution is -0.0776. The van der Waals surface area contributed by atoms with Gasteiger partial charge in [-0.05, 0) is 20.8 Å². The number of nitrogens with one attached hydrogen (secondary N) is 1. The molecular formula is C13H24N4O3S. The Hall–Kier alpha value is -0.960. The molecule has 2 heterocycles. The van der Waals surface area contributed by atoms with Gasteiger partial charge in [0.1, 0.15) is 4.90 Å². The number of aryl methyl sites for hydroxylation is 1. The Labute approximate surface area is 126 Å². The van der Waals surface area contributed by atoms with Crippen LogP contribution in [0.5, 0.6) is 0 Å². The smallest absolute Gasteiger partial charge is 0.243 e. The van der Waals surface area contributed by atoms with Gasteiger partial charge in [0.15, 0.2) is 0 Å². The SMILES string of the molecule is CC1CN(C(C)CNS(=O)(=O)c2cnn(C)c2)CC(C)O1. The summed E-state index contributed by atoms with van der Waals surface area (Å²) in [5, 5.41) is 3.89. The molecule has 0 radical (unpaired) electrons. The lowest BCUT2D eigenvalue weighted by Crippen LogP contribution is -2.52. The van der Waals surface area contributed by atoms with Gasteiger partial charge in [-0.1, -0.05) is 0 Å². The van der Waals surface area contributed by atoms with Gasteiger partial charge >= 0.3 is 0 Å². The molecule has 1 aromatic heterocycles. The molecule has 1 aliphatic heterocycles. The van der Waals surface area contributed by atoms with Crippen molar-refractivity contribution in [3.63, 3.8) is 0 Å². The summed E-state index contributed by atoms with van der Waals surface area (Å²) in [5.74, 6) is 0. The van der Waals surface area contributed by atoms with Crippen LogP contribution in [0.4, 0.5) is 0 Å². The van der Waals surface area contributed by atoms with E-state index < -0.39 is 10.0 Å². The minimum absolute atomic E-state index is 0.116. The van der Waals surface area contributed by atoms with Crippen LogP contribution in [-0.2, 0) is 21.8 Å². The van der Waals surface area contributed by atoms with E-state index in [0.717, 1.165) is 13.1 Å². The van der Waals surface area contributed by atoms with Crippen molar-refractivity contribution in [3.05, 3.63) is 12.4 Å². The highest BCUT2D eigenvalue weighted by Gasteiger charge is 2.26. The highest BCUT2D eigenvalue weighted by molar-refractivity contribution is 7.89. The normalized spacial score (nSPS) is 25.9. The monoisotopic (exact) mass is 316 g/mol.